The van der Waals surface area contributed by atoms with Gasteiger partial charge in [-0.2, -0.15) is 0 Å². The van der Waals surface area contributed by atoms with Crippen LogP contribution in [0.4, 0.5) is 5.69 Å². The SMILES string of the molecule is Cc1ccc(N)c(C)c1OCc1cccnc1. The summed E-state index contributed by atoms with van der Waals surface area (Å²) in [6, 6.07) is 7.77. The first-order valence-corrected chi connectivity index (χ1v) is 5.56. The van der Waals surface area contributed by atoms with Gasteiger partial charge in [-0.25, -0.2) is 0 Å². The number of ether oxygens (including phenoxy) is 1. The molecule has 0 saturated carbocycles. The minimum absolute atomic E-state index is 0.513. The van der Waals surface area contributed by atoms with E-state index in [0.717, 1.165) is 28.1 Å². The van der Waals surface area contributed by atoms with Crippen LogP contribution in [0.1, 0.15) is 16.7 Å². The molecular formula is C14H16N2O. The van der Waals surface area contributed by atoms with Crippen LogP contribution in [0, 0.1) is 13.8 Å². The Labute approximate surface area is 101 Å². The molecule has 88 valence electrons. The highest BCUT2D eigenvalue weighted by Gasteiger charge is 2.06. The molecule has 0 saturated heterocycles. The normalized spacial score (nSPS) is 10.2. The van der Waals surface area contributed by atoms with Gasteiger partial charge in [0.25, 0.3) is 0 Å². The summed E-state index contributed by atoms with van der Waals surface area (Å²) >= 11 is 0. The molecule has 1 heterocycles. The second kappa shape index (κ2) is 4.87. The van der Waals surface area contributed by atoms with Crippen molar-refractivity contribution in [2.75, 3.05) is 5.73 Å². The molecule has 0 bridgehead atoms. The zero-order valence-corrected chi connectivity index (χ0v) is 10.1. The summed E-state index contributed by atoms with van der Waals surface area (Å²) < 4.78 is 5.81. The van der Waals surface area contributed by atoms with E-state index in [4.69, 9.17) is 10.5 Å². The van der Waals surface area contributed by atoms with Gasteiger partial charge in [-0.15, -0.1) is 0 Å². The molecule has 0 atom stereocenters. The molecule has 0 unspecified atom stereocenters. The molecule has 0 spiro atoms. The Morgan fingerprint density at radius 3 is 2.76 bits per heavy atom. The second-order valence-corrected chi connectivity index (χ2v) is 4.08. The first kappa shape index (κ1) is 11.5. The number of rotatable bonds is 3. The average Bonchev–Trinajstić information content (AvgIpc) is 2.35. The number of nitrogen functional groups attached to an aromatic ring is 1. The highest BCUT2D eigenvalue weighted by atomic mass is 16.5. The summed E-state index contributed by atoms with van der Waals surface area (Å²) in [4.78, 5) is 4.05. The van der Waals surface area contributed by atoms with Crippen molar-refractivity contribution in [2.45, 2.75) is 20.5 Å². The van der Waals surface area contributed by atoms with Crippen molar-refractivity contribution >= 4 is 5.69 Å². The van der Waals surface area contributed by atoms with Gasteiger partial charge in [-0.05, 0) is 31.5 Å². The minimum Gasteiger partial charge on any atom is -0.488 e. The molecule has 2 N–H and O–H groups in total. The zero-order valence-electron chi connectivity index (χ0n) is 10.1. The predicted molar refractivity (Wildman–Crippen MR) is 68.9 cm³/mol. The van der Waals surface area contributed by atoms with E-state index in [-0.39, 0.29) is 0 Å². The summed E-state index contributed by atoms with van der Waals surface area (Å²) in [7, 11) is 0. The lowest BCUT2D eigenvalue weighted by Crippen LogP contribution is -2.01. The molecule has 0 fully saturated rings. The molecule has 0 aliphatic rings. The summed E-state index contributed by atoms with van der Waals surface area (Å²) in [6.45, 7) is 4.50. The van der Waals surface area contributed by atoms with Crippen molar-refractivity contribution in [2.24, 2.45) is 0 Å². The van der Waals surface area contributed by atoms with Crippen molar-refractivity contribution in [3.63, 3.8) is 0 Å². The molecule has 3 heteroatoms. The third kappa shape index (κ3) is 2.56. The Morgan fingerprint density at radius 2 is 2.06 bits per heavy atom. The average molecular weight is 228 g/mol. The molecule has 3 nitrogen and oxygen atoms in total. The highest BCUT2D eigenvalue weighted by molar-refractivity contribution is 5.56. The summed E-state index contributed by atoms with van der Waals surface area (Å²) in [5, 5.41) is 0. The van der Waals surface area contributed by atoms with E-state index in [0.29, 0.717) is 6.61 Å². The maximum atomic E-state index is 5.87. The van der Waals surface area contributed by atoms with Crippen LogP contribution < -0.4 is 10.5 Å². The van der Waals surface area contributed by atoms with E-state index in [1.807, 2.05) is 38.1 Å². The summed E-state index contributed by atoms with van der Waals surface area (Å²) in [5.41, 5.74) is 9.77. The quantitative estimate of drug-likeness (QED) is 0.822. The molecule has 0 aliphatic carbocycles. The van der Waals surface area contributed by atoms with Crippen molar-refractivity contribution in [3.8, 4) is 5.75 Å². The van der Waals surface area contributed by atoms with Gasteiger partial charge in [0.15, 0.2) is 0 Å². The fourth-order valence-electron chi connectivity index (χ4n) is 1.70. The first-order valence-electron chi connectivity index (χ1n) is 5.56. The molecule has 0 amide bonds. The van der Waals surface area contributed by atoms with Gasteiger partial charge in [-0.1, -0.05) is 12.1 Å². The largest absolute Gasteiger partial charge is 0.488 e. The number of aryl methyl sites for hydroxylation is 1. The molecule has 0 radical (unpaired) electrons. The lowest BCUT2D eigenvalue weighted by Gasteiger charge is -2.13. The molecule has 1 aromatic heterocycles. The monoisotopic (exact) mass is 228 g/mol. The maximum absolute atomic E-state index is 5.87. The second-order valence-electron chi connectivity index (χ2n) is 4.08. The highest BCUT2D eigenvalue weighted by Crippen LogP contribution is 2.28. The van der Waals surface area contributed by atoms with E-state index >= 15 is 0 Å². The van der Waals surface area contributed by atoms with Gasteiger partial charge in [-0.3, -0.25) is 4.98 Å². The summed E-state index contributed by atoms with van der Waals surface area (Å²) in [6.07, 6.45) is 3.55. The lowest BCUT2D eigenvalue weighted by atomic mass is 10.1. The molecule has 2 aromatic rings. The number of aromatic nitrogens is 1. The van der Waals surface area contributed by atoms with Crippen molar-refractivity contribution in [1.29, 1.82) is 0 Å². The topological polar surface area (TPSA) is 48.1 Å². The third-order valence-corrected chi connectivity index (χ3v) is 2.75. The number of nitrogens with two attached hydrogens (primary N) is 1. The van der Waals surface area contributed by atoms with Crippen LogP contribution in [0.3, 0.4) is 0 Å². The van der Waals surface area contributed by atoms with Crippen LogP contribution in [0.25, 0.3) is 0 Å². The van der Waals surface area contributed by atoms with E-state index < -0.39 is 0 Å². The van der Waals surface area contributed by atoms with E-state index in [1.54, 1.807) is 12.4 Å². The lowest BCUT2D eigenvalue weighted by molar-refractivity contribution is 0.302. The number of benzene rings is 1. The first-order chi connectivity index (χ1) is 8.18. The van der Waals surface area contributed by atoms with Gasteiger partial charge in [0.05, 0.1) is 0 Å². The van der Waals surface area contributed by atoms with Gasteiger partial charge in [0.1, 0.15) is 12.4 Å². The van der Waals surface area contributed by atoms with Gasteiger partial charge in [0.2, 0.25) is 0 Å². The number of pyridine rings is 1. The number of hydrogen-bond donors (Lipinski definition) is 1. The van der Waals surface area contributed by atoms with Crippen LogP contribution in [0.2, 0.25) is 0 Å². The van der Waals surface area contributed by atoms with Gasteiger partial charge >= 0.3 is 0 Å². The Hall–Kier alpha value is -2.03. The van der Waals surface area contributed by atoms with E-state index in [1.165, 1.54) is 0 Å². The smallest absolute Gasteiger partial charge is 0.127 e. The van der Waals surface area contributed by atoms with Crippen LogP contribution in [0.15, 0.2) is 36.7 Å². The van der Waals surface area contributed by atoms with Crippen molar-refractivity contribution in [1.82, 2.24) is 4.98 Å². The Kier molecular flexibility index (Phi) is 3.28. The Morgan fingerprint density at radius 1 is 1.24 bits per heavy atom. The molecule has 0 aliphatic heterocycles. The Bertz CT molecular complexity index is 509. The number of anilines is 1. The van der Waals surface area contributed by atoms with Crippen molar-refractivity contribution < 1.29 is 4.74 Å². The maximum Gasteiger partial charge on any atom is 0.127 e. The van der Waals surface area contributed by atoms with Crippen LogP contribution in [-0.2, 0) is 6.61 Å². The summed E-state index contributed by atoms with van der Waals surface area (Å²) in [5.74, 6) is 0.869. The third-order valence-electron chi connectivity index (χ3n) is 2.75. The standard InChI is InChI=1S/C14H16N2O/c1-10-5-6-13(15)11(2)14(10)17-9-12-4-3-7-16-8-12/h3-8H,9,15H2,1-2H3. The van der Waals surface area contributed by atoms with Crippen LogP contribution in [-0.4, -0.2) is 4.98 Å². The van der Waals surface area contributed by atoms with Crippen LogP contribution >= 0.6 is 0 Å². The fraction of sp³-hybridized carbons (Fsp3) is 0.214. The van der Waals surface area contributed by atoms with E-state index in [9.17, 15) is 0 Å². The molecule has 17 heavy (non-hydrogen) atoms. The fourth-order valence-corrected chi connectivity index (χ4v) is 1.70. The van der Waals surface area contributed by atoms with Crippen molar-refractivity contribution in [3.05, 3.63) is 53.3 Å². The van der Waals surface area contributed by atoms with Gasteiger partial charge in [0, 0.05) is 29.2 Å². The number of hydrogen-bond acceptors (Lipinski definition) is 3. The van der Waals surface area contributed by atoms with Crippen LogP contribution in [0.5, 0.6) is 5.75 Å². The van der Waals surface area contributed by atoms with Gasteiger partial charge < -0.3 is 10.5 Å². The zero-order chi connectivity index (χ0) is 12.3. The minimum atomic E-state index is 0.513. The number of nitrogens with zero attached hydrogens (tertiary/aromatic N) is 1. The molecular weight excluding hydrogens is 212 g/mol. The molecule has 1 aromatic carbocycles. The Balaban J connectivity index is 2.17. The molecule has 2 rings (SSSR count). The van der Waals surface area contributed by atoms with E-state index in [2.05, 4.69) is 4.98 Å². The predicted octanol–water partition coefficient (Wildman–Crippen LogP) is 2.86.